The number of nitrogens with one attached hydrogen (secondary N) is 1. The zero-order valence-corrected chi connectivity index (χ0v) is 16.9. The molecule has 1 amide bonds. The minimum absolute atomic E-state index is 0.166. The minimum Gasteiger partial charge on any atom is -0.326 e. The second-order valence-corrected chi connectivity index (χ2v) is 7.59. The number of rotatable bonds is 4. The molecule has 1 aliphatic carbocycles. The van der Waals surface area contributed by atoms with Crippen molar-refractivity contribution in [3.05, 3.63) is 101 Å². The normalized spacial score (nSPS) is 12.5. The average Bonchev–Trinajstić information content (AvgIpc) is 3.11. The molecule has 0 saturated heterocycles. The fourth-order valence-corrected chi connectivity index (χ4v) is 4.10. The smallest absolute Gasteiger partial charge is 0.224 e. The van der Waals surface area contributed by atoms with Crippen LogP contribution in [0.2, 0.25) is 0 Å². The Morgan fingerprint density at radius 2 is 1.58 bits per heavy atom. The van der Waals surface area contributed by atoms with Crippen molar-refractivity contribution in [1.82, 2.24) is 9.38 Å². The van der Waals surface area contributed by atoms with Crippen molar-refractivity contribution in [3.63, 3.8) is 0 Å². The lowest BCUT2D eigenvalue weighted by Crippen LogP contribution is -2.21. The van der Waals surface area contributed by atoms with E-state index in [1.54, 1.807) is 42.5 Å². The molecule has 1 N–H and O–H groups in total. The zero-order valence-electron chi connectivity index (χ0n) is 16.9. The largest absolute Gasteiger partial charge is 0.326 e. The van der Waals surface area contributed by atoms with E-state index < -0.39 is 0 Å². The Balaban J connectivity index is 1.34. The monoisotopic (exact) mass is 409 g/mol. The quantitative estimate of drug-likeness (QED) is 0.487. The molecule has 5 rings (SSSR count). The molecule has 1 aliphatic rings. The van der Waals surface area contributed by atoms with Crippen LogP contribution in [0, 0.1) is 6.92 Å². The fraction of sp³-hybridized carbons (Fsp3) is 0.120. The number of ketones is 2. The molecule has 0 bridgehead atoms. The van der Waals surface area contributed by atoms with Crippen molar-refractivity contribution in [2.24, 2.45) is 0 Å². The van der Waals surface area contributed by atoms with E-state index in [4.69, 9.17) is 0 Å². The predicted octanol–water partition coefficient (Wildman–Crippen LogP) is 3.99. The second-order valence-electron chi connectivity index (χ2n) is 7.59. The number of carbonyl (C=O) groups excluding carboxylic acids is 3. The van der Waals surface area contributed by atoms with Crippen molar-refractivity contribution in [2.45, 2.75) is 19.8 Å². The van der Waals surface area contributed by atoms with Crippen LogP contribution in [0.4, 0.5) is 5.69 Å². The molecule has 2 aromatic heterocycles. The second kappa shape index (κ2) is 7.32. The molecule has 0 saturated carbocycles. The first kappa shape index (κ1) is 18.9. The molecule has 0 unspecified atom stereocenters. The lowest BCUT2D eigenvalue weighted by Gasteiger charge is -2.18. The van der Waals surface area contributed by atoms with Crippen molar-refractivity contribution in [3.8, 4) is 0 Å². The van der Waals surface area contributed by atoms with Crippen molar-refractivity contribution in [2.75, 3.05) is 5.32 Å². The third-order valence-corrected chi connectivity index (χ3v) is 5.63. The maximum atomic E-state index is 12.9. The number of pyridine rings is 1. The number of carbonyl (C=O) groups is 3. The van der Waals surface area contributed by atoms with Crippen LogP contribution >= 0.6 is 0 Å². The van der Waals surface area contributed by atoms with Gasteiger partial charge in [0.1, 0.15) is 5.65 Å². The molecule has 2 aromatic carbocycles. The summed E-state index contributed by atoms with van der Waals surface area (Å²) in [6, 6.07) is 17.4. The lowest BCUT2D eigenvalue weighted by molar-refractivity contribution is -0.116. The molecule has 0 radical (unpaired) electrons. The van der Waals surface area contributed by atoms with E-state index >= 15 is 0 Å². The van der Waals surface area contributed by atoms with Gasteiger partial charge in [-0.3, -0.25) is 14.4 Å². The summed E-state index contributed by atoms with van der Waals surface area (Å²) in [5.74, 6) is -0.547. The van der Waals surface area contributed by atoms with E-state index in [-0.39, 0.29) is 23.9 Å². The van der Waals surface area contributed by atoms with Crippen LogP contribution in [0.15, 0.2) is 66.9 Å². The highest BCUT2D eigenvalue weighted by molar-refractivity contribution is 6.28. The van der Waals surface area contributed by atoms with E-state index in [0.29, 0.717) is 34.4 Å². The highest BCUT2D eigenvalue weighted by atomic mass is 16.2. The maximum Gasteiger partial charge on any atom is 0.224 e. The van der Waals surface area contributed by atoms with Gasteiger partial charge < -0.3 is 9.72 Å². The summed E-state index contributed by atoms with van der Waals surface area (Å²) >= 11 is 0. The molecule has 0 atom stereocenters. The van der Waals surface area contributed by atoms with Crippen LogP contribution in [0.5, 0.6) is 0 Å². The standard InChI is InChI=1S/C25H19N3O3/c1-15-21(28-13-5-4-8-22(28)26-15)11-12-23(29)27-16-9-10-19-20(14-16)25(31)18-7-3-2-6-17(18)24(19)30/h2-10,13-14H,11-12H2,1H3,(H,27,29). The van der Waals surface area contributed by atoms with Crippen LogP contribution in [0.1, 0.15) is 49.7 Å². The van der Waals surface area contributed by atoms with E-state index in [1.165, 1.54) is 0 Å². The highest BCUT2D eigenvalue weighted by Crippen LogP contribution is 2.29. The maximum absolute atomic E-state index is 12.9. The average molecular weight is 409 g/mol. The summed E-state index contributed by atoms with van der Waals surface area (Å²) < 4.78 is 1.99. The van der Waals surface area contributed by atoms with Gasteiger partial charge >= 0.3 is 0 Å². The number of hydrogen-bond donors (Lipinski definition) is 1. The van der Waals surface area contributed by atoms with Gasteiger partial charge in [0.2, 0.25) is 5.91 Å². The third-order valence-electron chi connectivity index (χ3n) is 5.63. The first-order chi connectivity index (χ1) is 15.0. The summed E-state index contributed by atoms with van der Waals surface area (Å²) in [5.41, 5.74) is 4.74. The number of amides is 1. The third kappa shape index (κ3) is 3.22. The van der Waals surface area contributed by atoms with Crippen molar-refractivity contribution in [1.29, 1.82) is 0 Å². The summed E-state index contributed by atoms with van der Waals surface area (Å²) in [6.07, 6.45) is 2.75. The van der Waals surface area contributed by atoms with Gasteiger partial charge in [0, 0.05) is 46.3 Å². The van der Waals surface area contributed by atoms with Gasteiger partial charge in [0.15, 0.2) is 11.6 Å². The Bertz CT molecular complexity index is 1380. The minimum atomic E-state index is -0.206. The molecule has 0 fully saturated rings. The number of nitrogens with zero attached hydrogens (tertiary/aromatic N) is 2. The summed E-state index contributed by atoms with van der Waals surface area (Å²) in [6.45, 7) is 1.93. The predicted molar refractivity (Wildman–Crippen MR) is 117 cm³/mol. The van der Waals surface area contributed by atoms with E-state index in [2.05, 4.69) is 10.3 Å². The molecule has 31 heavy (non-hydrogen) atoms. The molecular formula is C25H19N3O3. The molecule has 6 heteroatoms. The Hall–Kier alpha value is -4.06. The number of aromatic nitrogens is 2. The van der Waals surface area contributed by atoms with Crippen LogP contribution in [-0.4, -0.2) is 26.9 Å². The first-order valence-corrected chi connectivity index (χ1v) is 10.1. The van der Waals surface area contributed by atoms with Crippen LogP contribution in [0.3, 0.4) is 0 Å². The number of hydrogen-bond acceptors (Lipinski definition) is 4. The number of anilines is 1. The molecule has 2 heterocycles. The Labute approximate surface area is 178 Å². The van der Waals surface area contributed by atoms with Crippen molar-refractivity contribution >= 4 is 28.8 Å². The van der Waals surface area contributed by atoms with E-state index in [9.17, 15) is 14.4 Å². The Morgan fingerprint density at radius 1 is 0.903 bits per heavy atom. The number of fused-ring (bicyclic) bond motifs is 3. The Kier molecular flexibility index (Phi) is 4.47. The van der Waals surface area contributed by atoms with Gasteiger partial charge in [-0.15, -0.1) is 0 Å². The number of benzene rings is 2. The molecule has 0 spiro atoms. The zero-order chi connectivity index (χ0) is 21.5. The number of imidazole rings is 1. The molecule has 152 valence electrons. The fourth-order valence-electron chi connectivity index (χ4n) is 4.10. The molecule has 6 nitrogen and oxygen atoms in total. The van der Waals surface area contributed by atoms with Gasteiger partial charge in [0.05, 0.1) is 5.69 Å². The number of aryl methyl sites for hydroxylation is 2. The van der Waals surface area contributed by atoms with E-state index in [0.717, 1.165) is 17.0 Å². The first-order valence-electron chi connectivity index (χ1n) is 10.1. The molecule has 4 aromatic rings. The topological polar surface area (TPSA) is 80.5 Å². The van der Waals surface area contributed by atoms with Crippen LogP contribution < -0.4 is 5.32 Å². The van der Waals surface area contributed by atoms with Gasteiger partial charge in [-0.1, -0.05) is 30.3 Å². The van der Waals surface area contributed by atoms with Crippen LogP contribution in [-0.2, 0) is 11.2 Å². The van der Waals surface area contributed by atoms with Crippen molar-refractivity contribution < 1.29 is 14.4 Å². The van der Waals surface area contributed by atoms with Gasteiger partial charge in [-0.05, 0) is 43.7 Å². The summed E-state index contributed by atoms with van der Waals surface area (Å²) in [7, 11) is 0. The summed E-state index contributed by atoms with van der Waals surface area (Å²) in [4.78, 5) is 42.7. The Morgan fingerprint density at radius 3 is 2.35 bits per heavy atom. The van der Waals surface area contributed by atoms with Gasteiger partial charge in [-0.25, -0.2) is 4.98 Å². The van der Waals surface area contributed by atoms with Gasteiger partial charge in [0.25, 0.3) is 0 Å². The SMILES string of the molecule is Cc1nc2ccccn2c1CCC(=O)Nc1ccc2c(c1)C(=O)c1ccccc1C2=O. The molecule has 0 aliphatic heterocycles. The highest BCUT2D eigenvalue weighted by Gasteiger charge is 2.29. The van der Waals surface area contributed by atoms with E-state index in [1.807, 2.05) is 35.7 Å². The summed E-state index contributed by atoms with van der Waals surface area (Å²) in [5, 5.41) is 2.85. The molecular weight excluding hydrogens is 390 g/mol. The lowest BCUT2D eigenvalue weighted by atomic mass is 9.84. The van der Waals surface area contributed by atoms with Crippen LogP contribution in [0.25, 0.3) is 5.65 Å². The van der Waals surface area contributed by atoms with Gasteiger partial charge in [-0.2, -0.15) is 0 Å².